The first-order valence-corrected chi connectivity index (χ1v) is 9.98. The third-order valence-electron chi connectivity index (χ3n) is 5.09. The molecule has 1 heterocycles. The number of carbonyl (C=O) groups is 2. The lowest BCUT2D eigenvalue weighted by molar-refractivity contribution is -0.137. The lowest BCUT2D eigenvalue weighted by Gasteiger charge is -2.26. The summed E-state index contributed by atoms with van der Waals surface area (Å²) >= 11 is 6.26. The smallest absolute Gasteiger partial charge is 0.303 e. The van der Waals surface area contributed by atoms with E-state index in [-0.39, 0.29) is 36.4 Å². The van der Waals surface area contributed by atoms with Crippen molar-refractivity contribution in [1.29, 1.82) is 0 Å². The number of aromatic hydroxyl groups is 1. The van der Waals surface area contributed by atoms with E-state index in [0.717, 1.165) is 0 Å². The molecule has 0 bridgehead atoms. The number of halogens is 1. The summed E-state index contributed by atoms with van der Waals surface area (Å²) in [6.45, 7) is 2.09. The predicted octanol–water partition coefficient (Wildman–Crippen LogP) is 4.01. The highest BCUT2D eigenvalue weighted by Gasteiger charge is 2.32. The van der Waals surface area contributed by atoms with Crippen molar-refractivity contribution in [1.82, 2.24) is 0 Å². The fourth-order valence-electron chi connectivity index (χ4n) is 3.64. The van der Waals surface area contributed by atoms with Crippen molar-refractivity contribution in [3.8, 4) is 11.5 Å². The second kappa shape index (κ2) is 9.36. The van der Waals surface area contributed by atoms with Crippen molar-refractivity contribution >= 4 is 29.2 Å². The fraction of sp³-hybridized carbons (Fsp3) is 0.364. The van der Waals surface area contributed by atoms with Crippen LogP contribution in [-0.2, 0) is 14.3 Å². The number of para-hydroxylation sites is 1. The van der Waals surface area contributed by atoms with Crippen LogP contribution >= 0.6 is 11.6 Å². The van der Waals surface area contributed by atoms with Crippen molar-refractivity contribution < 1.29 is 29.3 Å². The van der Waals surface area contributed by atoms with E-state index in [1.807, 2.05) is 6.92 Å². The van der Waals surface area contributed by atoms with E-state index in [1.165, 1.54) is 13.2 Å². The number of benzene rings is 2. The molecule has 160 valence electrons. The molecule has 0 radical (unpaired) electrons. The minimum absolute atomic E-state index is 0.0274. The molecule has 8 heteroatoms. The maximum absolute atomic E-state index is 12.9. The third kappa shape index (κ3) is 4.68. The fourth-order valence-corrected chi connectivity index (χ4v) is 3.82. The van der Waals surface area contributed by atoms with E-state index in [4.69, 9.17) is 26.2 Å². The molecule has 2 N–H and O–H groups in total. The van der Waals surface area contributed by atoms with Gasteiger partial charge in [0.1, 0.15) is 12.7 Å². The second-order valence-electron chi connectivity index (χ2n) is 7.34. The summed E-state index contributed by atoms with van der Waals surface area (Å²) in [5.41, 5.74) is 1.89. The number of rotatable bonds is 7. The number of hydrogen-bond donors (Lipinski definition) is 2. The maximum Gasteiger partial charge on any atom is 0.303 e. The minimum Gasteiger partial charge on any atom is -0.504 e. The SMILES string of the molecule is COc1c(O)cccc1C1OCC(=O)N(CC(C)CCC(=O)O)c2ccc(Cl)cc21. The number of aliphatic carboxylic acids is 1. The number of amides is 1. The van der Waals surface area contributed by atoms with Crippen LogP contribution in [0, 0.1) is 5.92 Å². The number of fused-ring (bicyclic) bond motifs is 1. The second-order valence-corrected chi connectivity index (χ2v) is 7.77. The highest BCUT2D eigenvalue weighted by molar-refractivity contribution is 6.30. The standard InChI is InChI=1S/C22H24ClNO6/c1-13(6-9-20(27)28)11-24-17-8-7-14(23)10-16(17)21(30-12-19(24)26)15-4-3-5-18(25)22(15)29-2/h3-5,7-8,10,13,21,25H,6,9,11-12H2,1-2H3,(H,27,28). The molecule has 1 amide bonds. The number of phenolic OH excluding ortho intramolecular Hbond substituents is 1. The van der Waals surface area contributed by atoms with Crippen LogP contribution in [0.5, 0.6) is 11.5 Å². The summed E-state index contributed by atoms with van der Waals surface area (Å²) in [6.07, 6.45) is -0.188. The van der Waals surface area contributed by atoms with Gasteiger partial charge in [0.2, 0.25) is 0 Å². The summed E-state index contributed by atoms with van der Waals surface area (Å²) in [7, 11) is 1.45. The number of methoxy groups -OCH3 is 1. The Hall–Kier alpha value is -2.77. The van der Waals surface area contributed by atoms with Gasteiger partial charge in [-0.25, -0.2) is 0 Å². The van der Waals surface area contributed by atoms with Crippen LogP contribution in [0.4, 0.5) is 5.69 Å². The van der Waals surface area contributed by atoms with Gasteiger partial charge in [-0.05, 0) is 36.6 Å². The van der Waals surface area contributed by atoms with E-state index in [9.17, 15) is 14.7 Å². The molecule has 2 aromatic rings. The van der Waals surface area contributed by atoms with Gasteiger partial charge >= 0.3 is 5.97 Å². The van der Waals surface area contributed by atoms with Crippen molar-refractivity contribution in [2.75, 3.05) is 25.2 Å². The van der Waals surface area contributed by atoms with Crippen molar-refractivity contribution in [2.24, 2.45) is 5.92 Å². The molecule has 2 atom stereocenters. The Bertz CT molecular complexity index is 947. The number of carboxylic acid groups (broad SMARTS) is 1. The molecule has 0 spiro atoms. The number of carboxylic acids is 1. The molecule has 2 unspecified atom stereocenters. The third-order valence-corrected chi connectivity index (χ3v) is 5.33. The summed E-state index contributed by atoms with van der Waals surface area (Å²) in [5, 5.41) is 19.6. The molecule has 7 nitrogen and oxygen atoms in total. The Kier molecular flexibility index (Phi) is 6.84. The zero-order valence-corrected chi connectivity index (χ0v) is 17.6. The first-order chi connectivity index (χ1) is 14.3. The van der Waals surface area contributed by atoms with Gasteiger partial charge in [-0.15, -0.1) is 0 Å². The number of ether oxygens (including phenoxy) is 2. The molecule has 3 rings (SSSR count). The normalized spacial score (nSPS) is 17.2. The monoisotopic (exact) mass is 433 g/mol. The zero-order valence-electron chi connectivity index (χ0n) is 16.8. The van der Waals surface area contributed by atoms with Crippen LogP contribution in [0.1, 0.15) is 37.0 Å². The van der Waals surface area contributed by atoms with Crippen LogP contribution < -0.4 is 9.64 Å². The molecule has 0 aliphatic carbocycles. The van der Waals surface area contributed by atoms with Crippen LogP contribution in [-0.4, -0.2) is 42.4 Å². The number of nitrogens with zero attached hydrogens (tertiary/aromatic N) is 1. The Morgan fingerprint density at radius 2 is 2.10 bits per heavy atom. The Balaban J connectivity index is 2.03. The molecular weight excluding hydrogens is 410 g/mol. The number of anilines is 1. The lowest BCUT2D eigenvalue weighted by Crippen LogP contribution is -2.36. The quantitative estimate of drug-likeness (QED) is 0.684. The summed E-state index contributed by atoms with van der Waals surface area (Å²) < 4.78 is 11.3. The van der Waals surface area contributed by atoms with Gasteiger partial charge in [0.25, 0.3) is 5.91 Å². The van der Waals surface area contributed by atoms with Crippen molar-refractivity contribution in [2.45, 2.75) is 25.9 Å². The topological polar surface area (TPSA) is 96.3 Å². The van der Waals surface area contributed by atoms with Gasteiger partial charge in [-0.2, -0.15) is 0 Å². The van der Waals surface area contributed by atoms with E-state index in [0.29, 0.717) is 34.8 Å². The molecule has 0 fully saturated rings. The molecule has 0 saturated carbocycles. The zero-order chi connectivity index (χ0) is 21.8. The first kappa shape index (κ1) is 21.9. The van der Waals surface area contributed by atoms with Crippen LogP contribution in [0.3, 0.4) is 0 Å². The molecule has 0 aromatic heterocycles. The van der Waals surface area contributed by atoms with Crippen LogP contribution in [0.2, 0.25) is 5.02 Å². The van der Waals surface area contributed by atoms with Crippen molar-refractivity contribution in [3.05, 3.63) is 52.5 Å². The Labute approximate surface area is 179 Å². The lowest BCUT2D eigenvalue weighted by atomic mass is 9.97. The van der Waals surface area contributed by atoms with Gasteiger partial charge in [-0.3, -0.25) is 9.59 Å². The number of hydrogen-bond acceptors (Lipinski definition) is 5. The summed E-state index contributed by atoms with van der Waals surface area (Å²) in [6, 6.07) is 10.2. The van der Waals surface area contributed by atoms with E-state index < -0.39 is 12.1 Å². The van der Waals surface area contributed by atoms with Gasteiger partial charge in [0.15, 0.2) is 11.5 Å². The largest absolute Gasteiger partial charge is 0.504 e. The summed E-state index contributed by atoms with van der Waals surface area (Å²) in [5.74, 6) is -0.889. The molecule has 2 aromatic carbocycles. The Morgan fingerprint density at radius 3 is 2.80 bits per heavy atom. The summed E-state index contributed by atoms with van der Waals surface area (Å²) in [4.78, 5) is 25.4. The molecular formula is C22H24ClNO6. The number of carbonyl (C=O) groups excluding carboxylic acids is 1. The van der Waals surface area contributed by atoms with Crippen LogP contribution in [0.15, 0.2) is 36.4 Å². The highest BCUT2D eigenvalue weighted by atomic mass is 35.5. The van der Waals surface area contributed by atoms with Gasteiger partial charge in [0, 0.05) is 34.8 Å². The average molecular weight is 434 g/mol. The predicted molar refractivity (Wildman–Crippen MR) is 112 cm³/mol. The van der Waals surface area contributed by atoms with Gasteiger partial charge in [0.05, 0.1) is 7.11 Å². The molecule has 1 aliphatic heterocycles. The molecule has 0 saturated heterocycles. The van der Waals surface area contributed by atoms with Gasteiger partial charge < -0.3 is 24.6 Å². The Morgan fingerprint density at radius 1 is 1.33 bits per heavy atom. The van der Waals surface area contributed by atoms with E-state index >= 15 is 0 Å². The first-order valence-electron chi connectivity index (χ1n) is 9.60. The maximum atomic E-state index is 12.9. The molecule has 1 aliphatic rings. The number of phenols is 1. The van der Waals surface area contributed by atoms with E-state index in [2.05, 4.69) is 0 Å². The minimum atomic E-state index is -0.865. The van der Waals surface area contributed by atoms with Crippen molar-refractivity contribution in [3.63, 3.8) is 0 Å². The highest BCUT2D eigenvalue weighted by Crippen LogP contribution is 2.43. The van der Waals surface area contributed by atoms with Gasteiger partial charge in [-0.1, -0.05) is 30.7 Å². The van der Waals surface area contributed by atoms with E-state index in [1.54, 1.807) is 35.2 Å². The average Bonchev–Trinajstić information content (AvgIpc) is 2.83. The molecule has 30 heavy (non-hydrogen) atoms. The van der Waals surface area contributed by atoms with Crippen LogP contribution in [0.25, 0.3) is 0 Å².